The number of rotatable bonds is 5. The number of carbonyl (C=O) groups excluding carboxylic acids is 1. The van der Waals surface area contributed by atoms with Crippen LogP contribution in [0.4, 0.5) is 0 Å². The lowest BCUT2D eigenvalue weighted by atomic mass is 10.2. The van der Waals surface area contributed by atoms with Gasteiger partial charge in [0.1, 0.15) is 12.4 Å². The lowest BCUT2D eigenvalue weighted by Gasteiger charge is -2.13. The Morgan fingerprint density at radius 1 is 1.16 bits per heavy atom. The first-order chi connectivity index (χ1) is 12.1. The van der Waals surface area contributed by atoms with E-state index in [2.05, 4.69) is 10.3 Å². The number of amides is 1. The number of carbonyl (C=O) groups is 1. The molecule has 0 radical (unpaired) electrons. The number of hydrogen-bond donors (Lipinski definition) is 1. The minimum absolute atomic E-state index is 0.0652. The number of hydrogen-bond acceptors (Lipinski definition) is 3. The highest BCUT2D eigenvalue weighted by molar-refractivity contribution is 6.31. The van der Waals surface area contributed by atoms with Crippen LogP contribution in [0.5, 0.6) is 0 Å². The fourth-order valence-electron chi connectivity index (χ4n) is 2.68. The van der Waals surface area contributed by atoms with Gasteiger partial charge in [0, 0.05) is 18.0 Å². The third-order valence-electron chi connectivity index (χ3n) is 3.99. The summed E-state index contributed by atoms with van der Waals surface area (Å²) in [5.74, 6) is 0.338. The van der Waals surface area contributed by atoms with Gasteiger partial charge in [0.2, 0.25) is 5.91 Å². The van der Waals surface area contributed by atoms with Gasteiger partial charge in [-0.3, -0.25) is 14.2 Å². The molecule has 0 saturated heterocycles. The number of halogens is 1. The molecular weight excluding hydrogens is 338 g/mol. The summed E-state index contributed by atoms with van der Waals surface area (Å²) in [5, 5.41) is 3.92. The number of para-hydroxylation sites is 1. The van der Waals surface area contributed by atoms with Crippen molar-refractivity contribution in [3.63, 3.8) is 0 Å². The molecule has 3 rings (SSSR count). The molecule has 0 saturated carbocycles. The largest absolute Gasteiger partial charge is 0.350 e. The predicted octanol–water partition coefficient (Wildman–Crippen LogP) is 2.93. The van der Waals surface area contributed by atoms with Crippen molar-refractivity contribution < 1.29 is 4.79 Å². The van der Waals surface area contributed by atoms with Crippen LogP contribution in [0.25, 0.3) is 10.9 Å². The maximum Gasteiger partial charge on any atom is 0.261 e. The van der Waals surface area contributed by atoms with Crippen LogP contribution in [0, 0.1) is 0 Å². The molecule has 0 aliphatic rings. The summed E-state index contributed by atoms with van der Waals surface area (Å²) in [6, 6.07) is 14.5. The number of aromatic nitrogens is 2. The average Bonchev–Trinajstić information content (AvgIpc) is 2.63. The summed E-state index contributed by atoms with van der Waals surface area (Å²) in [5.41, 5.74) is 1.28. The zero-order valence-electron chi connectivity index (χ0n) is 13.8. The van der Waals surface area contributed by atoms with Crippen LogP contribution in [0.3, 0.4) is 0 Å². The van der Waals surface area contributed by atoms with Crippen LogP contribution in [-0.4, -0.2) is 15.5 Å². The molecule has 0 atom stereocenters. The van der Waals surface area contributed by atoms with Crippen LogP contribution in [0.1, 0.15) is 18.3 Å². The van der Waals surface area contributed by atoms with E-state index >= 15 is 0 Å². The van der Waals surface area contributed by atoms with Crippen molar-refractivity contribution in [3.8, 4) is 0 Å². The second kappa shape index (κ2) is 7.49. The van der Waals surface area contributed by atoms with E-state index in [1.54, 1.807) is 24.3 Å². The Hall–Kier alpha value is -2.66. The minimum Gasteiger partial charge on any atom is -0.350 e. The molecule has 1 aromatic heterocycles. The van der Waals surface area contributed by atoms with Gasteiger partial charge in [-0.05, 0) is 23.8 Å². The van der Waals surface area contributed by atoms with E-state index in [1.807, 2.05) is 31.2 Å². The van der Waals surface area contributed by atoms with Crippen LogP contribution in [-0.2, 0) is 24.3 Å². The number of nitrogens with one attached hydrogen (secondary N) is 1. The Kier molecular flexibility index (Phi) is 5.14. The fourth-order valence-corrected chi connectivity index (χ4v) is 2.88. The molecule has 0 unspecified atom stereocenters. The summed E-state index contributed by atoms with van der Waals surface area (Å²) < 4.78 is 1.43. The number of nitrogens with zero attached hydrogens (tertiary/aromatic N) is 2. The molecule has 128 valence electrons. The molecule has 1 N–H and O–H groups in total. The molecule has 0 fully saturated rings. The summed E-state index contributed by atoms with van der Waals surface area (Å²) in [6.07, 6.45) is 0.567. The highest BCUT2D eigenvalue weighted by atomic mass is 35.5. The third kappa shape index (κ3) is 3.72. The van der Waals surface area contributed by atoms with Crippen molar-refractivity contribution in [2.24, 2.45) is 0 Å². The lowest BCUT2D eigenvalue weighted by molar-refractivity contribution is -0.121. The summed E-state index contributed by atoms with van der Waals surface area (Å²) in [4.78, 5) is 29.5. The van der Waals surface area contributed by atoms with Crippen molar-refractivity contribution in [3.05, 3.63) is 75.3 Å². The predicted molar refractivity (Wildman–Crippen MR) is 98.7 cm³/mol. The molecule has 1 amide bonds. The number of fused-ring (bicyclic) bond motifs is 1. The molecule has 3 aromatic rings. The van der Waals surface area contributed by atoms with Crippen molar-refractivity contribution in [2.75, 3.05) is 0 Å². The van der Waals surface area contributed by atoms with Crippen molar-refractivity contribution >= 4 is 28.4 Å². The van der Waals surface area contributed by atoms with Crippen molar-refractivity contribution in [1.82, 2.24) is 14.9 Å². The second-order valence-electron chi connectivity index (χ2n) is 5.66. The Morgan fingerprint density at radius 3 is 2.64 bits per heavy atom. The molecule has 0 bridgehead atoms. The zero-order valence-corrected chi connectivity index (χ0v) is 14.6. The Labute approximate surface area is 150 Å². The summed E-state index contributed by atoms with van der Waals surface area (Å²) >= 11 is 6.09. The maximum atomic E-state index is 12.7. The minimum atomic E-state index is -0.256. The van der Waals surface area contributed by atoms with Gasteiger partial charge >= 0.3 is 0 Å². The Morgan fingerprint density at radius 2 is 1.88 bits per heavy atom. The van der Waals surface area contributed by atoms with E-state index in [9.17, 15) is 9.59 Å². The number of benzene rings is 2. The van der Waals surface area contributed by atoms with Crippen LogP contribution < -0.4 is 10.9 Å². The highest BCUT2D eigenvalue weighted by Crippen LogP contribution is 2.14. The highest BCUT2D eigenvalue weighted by Gasteiger charge is 2.13. The second-order valence-corrected chi connectivity index (χ2v) is 6.07. The Balaban J connectivity index is 1.82. The molecule has 2 aromatic carbocycles. The van der Waals surface area contributed by atoms with Crippen LogP contribution >= 0.6 is 11.6 Å². The van der Waals surface area contributed by atoms with Gasteiger partial charge in [-0.25, -0.2) is 4.98 Å². The third-order valence-corrected chi connectivity index (χ3v) is 4.36. The molecule has 5 nitrogen and oxygen atoms in total. The van der Waals surface area contributed by atoms with Crippen LogP contribution in [0.15, 0.2) is 53.3 Å². The van der Waals surface area contributed by atoms with Crippen LogP contribution in [0.2, 0.25) is 5.02 Å². The first-order valence-electron chi connectivity index (χ1n) is 8.08. The van der Waals surface area contributed by atoms with Gasteiger partial charge in [0.25, 0.3) is 5.56 Å². The van der Waals surface area contributed by atoms with E-state index in [0.717, 1.165) is 5.56 Å². The molecule has 25 heavy (non-hydrogen) atoms. The van der Waals surface area contributed by atoms with E-state index < -0.39 is 0 Å². The van der Waals surface area contributed by atoms with Gasteiger partial charge in [0.15, 0.2) is 0 Å². The summed E-state index contributed by atoms with van der Waals surface area (Å²) in [6.45, 7) is 2.16. The average molecular weight is 356 g/mol. The fraction of sp³-hybridized carbons (Fsp3) is 0.211. The smallest absolute Gasteiger partial charge is 0.261 e. The molecule has 0 aliphatic heterocycles. The van der Waals surface area contributed by atoms with Crippen molar-refractivity contribution in [2.45, 2.75) is 26.4 Å². The first kappa shape index (κ1) is 17.2. The van der Waals surface area contributed by atoms with E-state index in [1.165, 1.54) is 4.57 Å². The topological polar surface area (TPSA) is 64.0 Å². The van der Waals surface area contributed by atoms with Crippen molar-refractivity contribution in [1.29, 1.82) is 0 Å². The normalized spacial score (nSPS) is 10.8. The molecule has 0 aliphatic carbocycles. The quantitative estimate of drug-likeness (QED) is 0.765. The standard InChI is InChI=1S/C19H18ClN3O2/c1-2-17-22-16-10-6-4-8-14(16)19(25)23(17)12-18(24)21-11-13-7-3-5-9-15(13)20/h3-10H,2,11-12H2,1H3,(H,21,24). The Bertz CT molecular complexity index is 982. The lowest BCUT2D eigenvalue weighted by Crippen LogP contribution is -2.34. The van der Waals surface area contributed by atoms with E-state index in [-0.39, 0.29) is 18.0 Å². The molecule has 1 heterocycles. The molecular formula is C19H18ClN3O2. The van der Waals surface area contributed by atoms with E-state index in [0.29, 0.717) is 34.7 Å². The van der Waals surface area contributed by atoms with Gasteiger partial charge in [-0.15, -0.1) is 0 Å². The van der Waals surface area contributed by atoms with Gasteiger partial charge in [0.05, 0.1) is 10.9 Å². The first-order valence-corrected chi connectivity index (χ1v) is 8.46. The molecule has 0 spiro atoms. The van der Waals surface area contributed by atoms with Gasteiger partial charge < -0.3 is 5.32 Å². The summed E-state index contributed by atoms with van der Waals surface area (Å²) in [7, 11) is 0. The number of aryl methyl sites for hydroxylation is 1. The zero-order chi connectivity index (χ0) is 17.8. The van der Waals surface area contributed by atoms with E-state index in [4.69, 9.17) is 11.6 Å². The molecule has 6 heteroatoms. The monoisotopic (exact) mass is 355 g/mol. The van der Waals surface area contributed by atoms with Gasteiger partial charge in [-0.1, -0.05) is 48.9 Å². The maximum absolute atomic E-state index is 12.7. The SMILES string of the molecule is CCc1nc2ccccc2c(=O)n1CC(=O)NCc1ccccc1Cl. The van der Waals surface area contributed by atoms with Gasteiger partial charge in [-0.2, -0.15) is 0 Å².